The number of nitrogens with one attached hydrogen (secondary N) is 1. The van der Waals surface area contributed by atoms with Gasteiger partial charge in [-0.1, -0.05) is 18.2 Å². The second-order valence-corrected chi connectivity index (χ2v) is 2.81. The van der Waals surface area contributed by atoms with Crippen LogP contribution in [0, 0.1) is 0 Å². The highest BCUT2D eigenvalue weighted by molar-refractivity contribution is 6.62. The zero-order valence-electron chi connectivity index (χ0n) is 8.10. The van der Waals surface area contributed by atoms with Gasteiger partial charge in [-0.2, -0.15) is 5.10 Å². The highest BCUT2D eigenvalue weighted by Crippen LogP contribution is 2.04. The number of carboxylic acids is 1. The molecular weight excluding hydrogens is 196 g/mol. The minimum absolute atomic E-state index is 0.0913. The van der Waals surface area contributed by atoms with Crippen LogP contribution in [0.1, 0.15) is 6.92 Å². The van der Waals surface area contributed by atoms with Crippen LogP contribution in [-0.2, 0) is 9.59 Å². The number of para-hydroxylation sites is 1. The number of hydrazone groups is 1. The fourth-order valence-corrected chi connectivity index (χ4v) is 0.867. The van der Waals surface area contributed by atoms with Crippen molar-refractivity contribution in [3.8, 4) is 0 Å². The number of benzene rings is 1. The van der Waals surface area contributed by atoms with Crippen molar-refractivity contribution in [3.63, 3.8) is 0 Å². The fourth-order valence-electron chi connectivity index (χ4n) is 0.867. The third kappa shape index (κ3) is 3.22. The van der Waals surface area contributed by atoms with Gasteiger partial charge in [0.15, 0.2) is 0 Å². The highest BCUT2D eigenvalue weighted by atomic mass is 16.4. The van der Waals surface area contributed by atoms with Gasteiger partial charge in [0, 0.05) is 0 Å². The number of aliphatic carboxylic acids is 1. The third-order valence-electron chi connectivity index (χ3n) is 1.65. The fraction of sp³-hybridized carbons (Fsp3) is 0.100. The summed E-state index contributed by atoms with van der Waals surface area (Å²) in [6.07, 6.45) is 0. The van der Waals surface area contributed by atoms with Gasteiger partial charge in [-0.25, -0.2) is 4.79 Å². The summed E-state index contributed by atoms with van der Waals surface area (Å²) >= 11 is 0. The van der Waals surface area contributed by atoms with Crippen molar-refractivity contribution in [2.45, 2.75) is 6.92 Å². The van der Waals surface area contributed by atoms with E-state index in [0.29, 0.717) is 5.69 Å². The van der Waals surface area contributed by atoms with Crippen LogP contribution >= 0.6 is 0 Å². The van der Waals surface area contributed by atoms with Crippen molar-refractivity contribution in [2.75, 3.05) is 5.43 Å². The zero-order valence-corrected chi connectivity index (χ0v) is 8.10. The van der Waals surface area contributed by atoms with E-state index >= 15 is 0 Å². The Labute approximate surface area is 86.4 Å². The maximum atomic E-state index is 10.9. The molecule has 1 rings (SSSR count). The van der Waals surface area contributed by atoms with Crippen LogP contribution < -0.4 is 5.43 Å². The molecule has 1 aromatic rings. The summed E-state index contributed by atoms with van der Waals surface area (Å²) in [5, 5.41) is 12.0. The van der Waals surface area contributed by atoms with E-state index in [1.165, 1.54) is 6.92 Å². The number of hydrogen-bond donors (Lipinski definition) is 2. The number of nitrogens with zero attached hydrogens (tertiary/aromatic N) is 1. The predicted octanol–water partition coefficient (Wildman–Crippen LogP) is 1.13. The van der Waals surface area contributed by atoms with Gasteiger partial charge in [0.2, 0.25) is 0 Å². The van der Waals surface area contributed by atoms with Crippen molar-refractivity contribution >= 4 is 23.2 Å². The Kier molecular flexibility index (Phi) is 3.56. The number of hydrogen-bond acceptors (Lipinski definition) is 4. The van der Waals surface area contributed by atoms with Crippen molar-refractivity contribution in [1.82, 2.24) is 0 Å². The van der Waals surface area contributed by atoms with E-state index in [-0.39, 0.29) is 5.71 Å². The van der Waals surface area contributed by atoms with Crippen LogP contribution in [0.3, 0.4) is 0 Å². The molecule has 0 aliphatic heterocycles. The van der Waals surface area contributed by atoms with Crippen LogP contribution in [0.25, 0.3) is 0 Å². The van der Waals surface area contributed by atoms with E-state index in [1.807, 2.05) is 6.07 Å². The molecule has 0 heterocycles. The molecule has 0 atom stereocenters. The molecule has 0 aliphatic carbocycles. The van der Waals surface area contributed by atoms with Crippen molar-refractivity contribution in [1.29, 1.82) is 0 Å². The van der Waals surface area contributed by atoms with Gasteiger partial charge in [-0.15, -0.1) is 0 Å². The van der Waals surface area contributed by atoms with E-state index < -0.39 is 11.8 Å². The number of anilines is 1. The first-order chi connectivity index (χ1) is 7.11. The molecule has 1 aromatic carbocycles. The molecule has 5 nitrogen and oxygen atoms in total. The average molecular weight is 206 g/mol. The molecule has 0 unspecified atom stereocenters. The molecule has 0 fully saturated rings. The van der Waals surface area contributed by atoms with E-state index in [9.17, 15) is 9.59 Å². The lowest BCUT2D eigenvalue weighted by molar-refractivity contribution is -0.145. The van der Waals surface area contributed by atoms with Gasteiger partial charge in [-0.05, 0) is 19.1 Å². The Bertz CT molecular complexity index is 398. The molecule has 0 amide bonds. The lowest BCUT2D eigenvalue weighted by Gasteiger charge is -1.99. The Hall–Kier alpha value is -2.17. The molecule has 2 N–H and O–H groups in total. The van der Waals surface area contributed by atoms with E-state index in [4.69, 9.17) is 5.11 Å². The Morgan fingerprint density at radius 2 is 1.87 bits per heavy atom. The summed E-state index contributed by atoms with van der Waals surface area (Å²) in [7, 11) is 0. The van der Waals surface area contributed by atoms with Gasteiger partial charge < -0.3 is 5.11 Å². The molecule has 0 saturated heterocycles. The van der Waals surface area contributed by atoms with Crippen LogP contribution in [0.2, 0.25) is 0 Å². The quantitative estimate of drug-likeness (QED) is 0.439. The lowest BCUT2D eigenvalue weighted by Crippen LogP contribution is -2.21. The molecule has 15 heavy (non-hydrogen) atoms. The Balaban J connectivity index is 2.66. The van der Waals surface area contributed by atoms with E-state index in [1.54, 1.807) is 24.3 Å². The monoisotopic (exact) mass is 206 g/mol. The first-order valence-corrected chi connectivity index (χ1v) is 4.24. The molecule has 0 radical (unpaired) electrons. The van der Waals surface area contributed by atoms with Gasteiger partial charge in [0.1, 0.15) is 5.71 Å². The maximum absolute atomic E-state index is 10.9. The second-order valence-electron chi connectivity index (χ2n) is 2.81. The normalized spacial score (nSPS) is 10.9. The number of Topliss-reactive ketones (excluding diaryl/α,β-unsaturated/α-hetero) is 1. The van der Waals surface area contributed by atoms with Crippen LogP contribution in [0.15, 0.2) is 35.4 Å². The summed E-state index contributed by atoms with van der Waals surface area (Å²) in [6.45, 7) is 1.34. The maximum Gasteiger partial charge on any atom is 0.378 e. The molecule has 5 heteroatoms. The predicted molar refractivity (Wildman–Crippen MR) is 55.8 cm³/mol. The highest BCUT2D eigenvalue weighted by Gasteiger charge is 2.14. The van der Waals surface area contributed by atoms with Gasteiger partial charge >= 0.3 is 5.97 Å². The van der Waals surface area contributed by atoms with Crippen LogP contribution in [0.4, 0.5) is 5.69 Å². The summed E-state index contributed by atoms with van der Waals surface area (Å²) in [6, 6.07) is 8.94. The molecule has 78 valence electrons. The first-order valence-electron chi connectivity index (χ1n) is 4.24. The van der Waals surface area contributed by atoms with E-state index in [0.717, 1.165) is 0 Å². The average Bonchev–Trinajstić information content (AvgIpc) is 2.26. The Morgan fingerprint density at radius 1 is 1.27 bits per heavy atom. The third-order valence-corrected chi connectivity index (χ3v) is 1.65. The largest absolute Gasteiger partial charge is 0.475 e. The molecule has 0 aliphatic rings. The standard InChI is InChI=1S/C10H10N2O3/c1-7(9(13)10(14)15)11-12-8-5-3-2-4-6-8/h2-6,12H,1H3,(H,14,15)/b11-7-. The number of rotatable bonds is 4. The molecule has 0 aromatic heterocycles. The van der Waals surface area contributed by atoms with Crippen molar-refractivity contribution in [3.05, 3.63) is 30.3 Å². The van der Waals surface area contributed by atoms with Crippen molar-refractivity contribution < 1.29 is 14.7 Å². The number of carboxylic acid groups (broad SMARTS) is 1. The zero-order chi connectivity index (χ0) is 11.3. The first kappa shape index (κ1) is 10.9. The number of ketones is 1. The summed E-state index contributed by atoms with van der Waals surface area (Å²) < 4.78 is 0. The molecule has 0 saturated carbocycles. The van der Waals surface area contributed by atoms with Gasteiger partial charge in [0.05, 0.1) is 5.69 Å². The van der Waals surface area contributed by atoms with Crippen molar-refractivity contribution in [2.24, 2.45) is 5.10 Å². The van der Waals surface area contributed by atoms with Crippen LogP contribution in [-0.4, -0.2) is 22.6 Å². The summed E-state index contributed by atoms with van der Waals surface area (Å²) in [5.41, 5.74) is 3.18. The second kappa shape index (κ2) is 4.90. The smallest absolute Gasteiger partial charge is 0.378 e. The minimum atomic E-state index is -1.51. The Morgan fingerprint density at radius 3 is 2.40 bits per heavy atom. The molecular formula is C10H10N2O3. The molecule has 0 bridgehead atoms. The van der Waals surface area contributed by atoms with Gasteiger partial charge in [-0.3, -0.25) is 10.2 Å². The topological polar surface area (TPSA) is 78.8 Å². The van der Waals surface area contributed by atoms with Gasteiger partial charge in [0.25, 0.3) is 5.78 Å². The summed E-state index contributed by atoms with van der Waals surface area (Å²) in [5.74, 6) is -2.52. The van der Waals surface area contributed by atoms with E-state index in [2.05, 4.69) is 10.5 Å². The van der Waals surface area contributed by atoms with Crippen LogP contribution in [0.5, 0.6) is 0 Å². The SMILES string of the molecule is C/C(=N/Nc1ccccc1)C(=O)C(=O)O. The lowest BCUT2D eigenvalue weighted by atomic mass is 10.3. The molecule has 0 spiro atoms. The summed E-state index contributed by atoms with van der Waals surface area (Å²) in [4.78, 5) is 21.2. The number of carbonyl (C=O) groups is 2. The minimum Gasteiger partial charge on any atom is -0.475 e. The number of carbonyl (C=O) groups excluding carboxylic acids is 1.